The van der Waals surface area contributed by atoms with Gasteiger partial charge in [0, 0.05) is 46.4 Å². The summed E-state index contributed by atoms with van der Waals surface area (Å²) >= 11 is 7.57. The van der Waals surface area contributed by atoms with Gasteiger partial charge in [0.05, 0.1) is 22.5 Å². The number of pyridine rings is 1. The van der Waals surface area contributed by atoms with E-state index in [9.17, 15) is 14.0 Å². The second-order valence-electron chi connectivity index (χ2n) is 8.01. The fourth-order valence-corrected chi connectivity index (χ4v) is 5.03. The zero-order chi connectivity index (χ0) is 20.9. The third kappa shape index (κ3) is 3.47. The van der Waals surface area contributed by atoms with Crippen molar-refractivity contribution in [3.05, 3.63) is 47.1 Å². The Bertz CT molecular complexity index is 1140. The van der Waals surface area contributed by atoms with E-state index in [0.29, 0.717) is 16.6 Å². The maximum Gasteiger partial charge on any atom is 0.251 e. The Morgan fingerprint density at radius 1 is 1.23 bits per heavy atom. The van der Waals surface area contributed by atoms with Crippen LogP contribution in [0.1, 0.15) is 43.7 Å². The van der Waals surface area contributed by atoms with Crippen LogP contribution >= 0.6 is 23.5 Å². The summed E-state index contributed by atoms with van der Waals surface area (Å²) < 4.78 is 31.2. The maximum absolute atomic E-state index is 13.0. The van der Waals surface area contributed by atoms with Crippen LogP contribution in [0.25, 0.3) is 22.3 Å². The van der Waals surface area contributed by atoms with Crippen LogP contribution < -0.4 is 4.72 Å². The van der Waals surface area contributed by atoms with Gasteiger partial charge in [0.2, 0.25) is 0 Å². The molecular weight excluding hydrogens is 426 g/mol. The molecule has 2 aliphatic carbocycles. The van der Waals surface area contributed by atoms with Crippen molar-refractivity contribution in [2.24, 2.45) is 0 Å². The second-order valence-corrected chi connectivity index (χ2v) is 9.36. The van der Waals surface area contributed by atoms with Gasteiger partial charge in [-0.25, -0.2) is 8.78 Å². The van der Waals surface area contributed by atoms with Crippen LogP contribution in [0.3, 0.4) is 0 Å². The number of halogens is 3. The van der Waals surface area contributed by atoms with E-state index >= 15 is 0 Å². The molecule has 0 aliphatic heterocycles. The number of benzene rings is 1. The number of fused-ring (bicyclic) bond motifs is 1. The van der Waals surface area contributed by atoms with Gasteiger partial charge in [-0.05, 0) is 61.5 Å². The van der Waals surface area contributed by atoms with Crippen LogP contribution in [0.15, 0.2) is 41.4 Å². The topological polar surface area (TPSA) is 53.6 Å². The molecule has 3 aromatic rings. The third-order valence-electron chi connectivity index (χ3n) is 5.93. The van der Waals surface area contributed by atoms with E-state index in [1.165, 1.54) is 18.4 Å². The van der Waals surface area contributed by atoms with Gasteiger partial charge in [0.1, 0.15) is 6.07 Å². The highest BCUT2D eigenvalue weighted by Crippen LogP contribution is 2.43. The van der Waals surface area contributed by atoms with Gasteiger partial charge in [-0.15, -0.1) is 0 Å². The summed E-state index contributed by atoms with van der Waals surface area (Å²) in [6.45, 7) is 0. The molecule has 0 atom stereocenters. The Labute approximate surface area is 182 Å². The molecule has 30 heavy (non-hydrogen) atoms. The number of nitriles is 1. The highest BCUT2D eigenvalue weighted by Gasteiger charge is 2.45. The Kier molecular flexibility index (Phi) is 4.97. The van der Waals surface area contributed by atoms with Crippen molar-refractivity contribution in [1.82, 2.24) is 14.3 Å². The Hall–Kier alpha value is -2.14. The van der Waals surface area contributed by atoms with Gasteiger partial charge in [-0.1, -0.05) is 11.6 Å². The zero-order valence-corrected chi connectivity index (χ0v) is 17.6. The van der Waals surface area contributed by atoms with Gasteiger partial charge >= 0.3 is 0 Å². The number of nitrogens with zero attached hydrogens (tertiary/aromatic N) is 3. The van der Waals surface area contributed by atoms with E-state index in [1.807, 2.05) is 30.3 Å². The molecule has 0 radical (unpaired) electrons. The smallest absolute Gasteiger partial charge is 0.251 e. The van der Waals surface area contributed by atoms with Crippen LogP contribution in [0.4, 0.5) is 8.78 Å². The van der Waals surface area contributed by atoms with Gasteiger partial charge < -0.3 is 4.57 Å². The Morgan fingerprint density at radius 2 is 2.03 bits per heavy atom. The molecule has 0 bridgehead atoms. The van der Waals surface area contributed by atoms with Crippen molar-refractivity contribution in [3.8, 4) is 17.5 Å². The summed E-state index contributed by atoms with van der Waals surface area (Å²) in [4.78, 5) is 5.46. The number of alkyl halides is 2. The minimum absolute atomic E-state index is 0.124. The molecule has 1 N–H and O–H groups in total. The highest BCUT2D eigenvalue weighted by molar-refractivity contribution is 7.97. The molecule has 1 aromatic carbocycles. The van der Waals surface area contributed by atoms with Crippen LogP contribution in [0, 0.1) is 11.3 Å². The molecule has 0 amide bonds. The Balaban J connectivity index is 1.47. The lowest BCUT2D eigenvalue weighted by Crippen LogP contribution is -2.46. The summed E-state index contributed by atoms with van der Waals surface area (Å²) in [5, 5.41) is 11.4. The molecule has 2 saturated carbocycles. The van der Waals surface area contributed by atoms with Crippen LogP contribution in [-0.4, -0.2) is 21.5 Å². The SMILES string of the molecule is N#Cc1c(-c2ccc(SNC3CC(F)(F)C3)cn2)n(C2CCC2)c2cc(Cl)ccc12. The van der Waals surface area contributed by atoms with Crippen molar-refractivity contribution in [2.45, 2.75) is 55.0 Å². The van der Waals surface area contributed by atoms with Crippen molar-refractivity contribution in [3.63, 3.8) is 0 Å². The summed E-state index contributed by atoms with van der Waals surface area (Å²) in [5.41, 5.74) is 3.12. The van der Waals surface area contributed by atoms with Crippen LogP contribution in [-0.2, 0) is 0 Å². The normalized spacial score (nSPS) is 18.7. The maximum atomic E-state index is 13.0. The molecule has 2 aliphatic rings. The first kappa shape index (κ1) is 19.8. The molecule has 2 fully saturated rings. The number of aromatic nitrogens is 2. The molecule has 0 saturated heterocycles. The Morgan fingerprint density at radius 3 is 2.63 bits per heavy atom. The summed E-state index contributed by atoms with van der Waals surface area (Å²) in [7, 11) is 0. The molecule has 8 heteroatoms. The fourth-order valence-electron chi connectivity index (χ4n) is 4.15. The van der Waals surface area contributed by atoms with Crippen LogP contribution in [0.5, 0.6) is 0 Å². The number of hydrogen-bond donors (Lipinski definition) is 1. The van der Waals surface area contributed by atoms with Crippen molar-refractivity contribution in [1.29, 1.82) is 5.26 Å². The minimum atomic E-state index is -2.54. The van der Waals surface area contributed by atoms with Crippen molar-refractivity contribution >= 4 is 34.5 Å². The predicted octanol–water partition coefficient (Wildman–Crippen LogP) is 6.35. The van der Waals surface area contributed by atoms with Gasteiger partial charge in [0.25, 0.3) is 5.92 Å². The quantitative estimate of drug-likeness (QED) is 0.466. The standard InChI is InChI=1S/C22H19ClF2N4S/c23-13-4-6-17-18(11-26)21(29(20(17)8-13)15-2-1-3-15)19-7-5-16(12-27-19)30-28-14-9-22(24,25)10-14/h4-8,12,14-15,28H,1-3,9-10H2. The average molecular weight is 445 g/mol. The highest BCUT2D eigenvalue weighted by atomic mass is 35.5. The van der Waals surface area contributed by atoms with E-state index in [-0.39, 0.29) is 18.9 Å². The van der Waals surface area contributed by atoms with Crippen LogP contribution in [0.2, 0.25) is 5.02 Å². The summed E-state index contributed by atoms with van der Waals surface area (Å²) in [6, 6.07) is 12.0. The van der Waals surface area contributed by atoms with Crippen molar-refractivity contribution < 1.29 is 8.78 Å². The largest absolute Gasteiger partial charge is 0.335 e. The van der Waals surface area contributed by atoms with E-state index in [0.717, 1.165) is 40.0 Å². The average Bonchev–Trinajstić information content (AvgIpc) is 2.97. The predicted molar refractivity (Wildman–Crippen MR) is 115 cm³/mol. The van der Waals surface area contributed by atoms with E-state index < -0.39 is 5.92 Å². The first-order valence-electron chi connectivity index (χ1n) is 9.95. The number of hydrogen-bond acceptors (Lipinski definition) is 4. The lowest BCUT2D eigenvalue weighted by molar-refractivity contribution is -0.0872. The molecule has 154 valence electrons. The van der Waals surface area contributed by atoms with E-state index in [1.54, 1.807) is 6.20 Å². The third-order valence-corrected chi connectivity index (χ3v) is 7.09. The van der Waals surface area contributed by atoms with Crippen molar-refractivity contribution in [2.75, 3.05) is 0 Å². The molecule has 0 unspecified atom stereocenters. The van der Waals surface area contributed by atoms with Gasteiger partial charge in [-0.2, -0.15) is 5.26 Å². The van der Waals surface area contributed by atoms with E-state index in [4.69, 9.17) is 11.6 Å². The minimum Gasteiger partial charge on any atom is -0.335 e. The first-order chi connectivity index (χ1) is 14.4. The molecular formula is C22H19ClF2N4S. The monoisotopic (exact) mass is 444 g/mol. The molecule has 5 rings (SSSR count). The lowest BCUT2D eigenvalue weighted by Gasteiger charge is -2.34. The summed E-state index contributed by atoms with van der Waals surface area (Å²) in [5.74, 6) is -2.54. The van der Waals surface area contributed by atoms with E-state index in [2.05, 4.69) is 20.3 Å². The zero-order valence-electron chi connectivity index (χ0n) is 16.0. The fraction of sp³-hybridized carbons (Fsp3) is 0.364. The van der Waals surface area contributed by atoms with Gasteiger partial charge in [-0.3, -0.25) is 9.71 Å². The summed E-state index contributed by atoms with van der Waals surface area (Å²) in [6.07, 6.45) is 4.78. The molecule has 2 heterocycles. The number of nitrogens with one attached hydrogen (secondary N) is 1. The molecule has 0 spiro atoms. The molecule has 2 aromatic heterocycles. The van der Waals surface area contributed by atoms with Gasteiger partial charge in [0.15, 0.2) is 0 Å². The second kappa shape index (κ2) is 7.52. The number of rotatable bonds is 5. The molecule has 4 nitrogen and oxygen atoms in total. The first-order valence-corrected chi connectivity index (χ1v) is 11.1. The lowest BCUT2D eigenvalue weighted by atomic mass is 9.89.